The molecular weight excluding hydrogens is 364 g/mol. The molecule has 1 fully saturated rings. The molecule has 0 unspecified atom stereocenters. The Morgan fingerprint density at radius 2 is 1.79 bits per heavy atom. The Morgan fingerprint density at radius 3 is 2.52 bits per heavy atom. The Kier molecular flexibility index (Phi) is 5.70. The van der Waals surface area contributed by atoms with E-state index in [1.165, 1.54) is 5.56 Å². The van der Waals surface area contributed by atoms with Crippen LogP contribution in [0.4, 0.5) is 5.82 Å². The minimum Gasteiger partial charge on any atom is -0.352 e. The number of hydrogen-bond acceptors (Lipinski definition) is 3. The first-order valence-corrected chi connectivity index (χ1v) is 9.96. The molecule has 6 heteroatoms. The number of aryl methyl sites for hydroxylation is 1. The molecule has 3 aromatic rings. The minimum atomic E-state index is -0.0763. The number of aromatic nitrogens is 2. The molecule has 1 heterocycles. The summed E-state index contributed by atoms with van der Waals surface area (Å²) in [6.45, 7) is 0.640. The molecule has 1 saturated carbocycles. The summed E-state index contributed by atoms with van der Waals surface area (Å²) in [4.78, 5) is 28.4. The maximum atomic E-state index is 12.3. The Balaban J connectivity index is 1.27. The summed E-state index contributed by atoms with van der Waals surface area (Å²) in [5.41, 5.74) is 2.78. The fourth-order valence-electron chi connectivity index (χ4n) is 3.13. The average Bonchev–Trinajstić information content (AvgIpc) is 3.51. The van der Waals surface area contributed by atoms with Gasteiger partial charge in [-0.3, -0.25) is 9.59 Å². The van der Waals surface area contributed by atoms with E-state index in [9.17, 15) is 9.59 Å². The Labute approximate surface area is 170 Å². The first-order chi connectivity index (χ1) is 14.2. The van der Waals surface area contributed by atoms with Gasteiger partial charge < -0.3 is 15.2 Å². The quantitative estimate of drug-likeness (QED) is 0.579. The maximum absolute atomic E-state index is 12.3. The molecule has 148 valence electrons. The second-order valence-electron chi connectivity index (χ2n) is 7.32. The molecule has 2 N–H and O–H groups in total. The molecule has 0 atom stereocenters. The van der Waals surface area contributed by atoms with Crippen LogP contribution in [-0.4, -0.2) is 27.9 Å². The van der Waals surface area contributed by atoms with Crippen LogP contribution in [0, 0.1) is 5.92 Å². The van der Waals surface area contributed by atoms with Crippen LogP contribution in [0.1, 0.15) is 35.2 Å². The Hall–Kier alpha value is -3.41. The number of hydrogen-bond donors (Lipinski definition) is 2. The highest BCUT2D eigenvalue weighted by atomic mass is 16.2. The third kappa shape index (κ3) is 5.10. The molecule has 0 saturated heterocycles. The highest BCUT2D eigenvalue weighted by molar-refractivity contribution is 5.94. The van der Waals surface area contributed by atoms with Crippen molar-refractivity contribution in [3.05, 3.63) is 78.2 Å². The first-order valence-electron chi connectivity index (χ1n) is 9.96. The molecule has 0 aliphatic heterocycles. The average molecular weight is 388 g/mol. The zero-order chi connectivity index (χ0) is 20.1. The van der Waals surface area contributed by atoms with Crippen LogP contribution in [-0.2, 0) is 11.2 Å². The van der Waals surface area contributed by atoms with Crippen LogP contribution in [0.5, 0.6) is 0 Å². The second kappa shape index (κ2) is 8.73. The highest BCUT2D eigenvalue weighted by Gasteiger charge is 2.29. The van der Waals surface area contributed by atoms with Gasteiger partial charge in [-0.15, -0.1) is 0 Å². The van der Waals surface area contributed by atoms with E-state index in [0.717, 1.165) is 31.4 Å². The van der Waals surface area contributed by atoms with Crippen molar-refractivity contribution in [3.63, 3.8) is 0 Å². The number of nitrogens with one attached hydrogen (secondary N) is 2. The molecule has 4 rings (SSSR count). The van der Waals surface area contributed by atoms with Gasteiger partial charge in [0.15, 0.2) is 5.82 Å². The molecule has 2 aromatic carbocycles. The topological polar surface area (TPSA) is 76.0 Å². The van der Waals surface area contributed by atoms with Crippen LogP contribution in [0.25, 0.3) is 5.69 Å². The van der Waals surface area contributed by atoms with E-state index in [-0.39, 0.29) is 17.7 Å². The molecule has 1 aliphatic rings. The molecule has 1 aliphatic carbocycles. The van der Waals surface area contributed by atoms with Gasteiger partial charge >= 0.3 is 0 Å². The third-order valence-electron chi connectivity index (χ3n) is 4.98. The van der Waals surface area contributed by atoms with E-state index in [1.807, 2.05) is 34.9 Å². The largest absolute Gasteiger partial charge is 0.352 e. The van der Waals surface area contributed by atoms with Gasteiger partial charge in [0, 0.05) is 23.7 Å². The van der Waals surface area contributed by atoms with Crippen LogP contribution < -0.4 is 10.6 Å². The van der Waals surface area contributed by atoms with Crippen molar-refractivity contribution in [1.29, 1.82) is 0 Å². The molecule has 6 nitrogen and oxygen atoms in total. The number of imidazole rings is 1. The zero-order valence-corrected chi connectivity index (χ0v) is 16.2. The Bertz CT molecular complexity index is 976. The van der Waals surface area contributed by atoms with Crippen molar-refractivity contribution in [2.24, 2.45) is 5.92 Å². The summed E-state index contributed by atoms with van der Waals surface area (Å²) in [5.74, 6) is 0.648. The zero-order valence-electron chi connectivity index (χ0n) is 16.2. The number of carbonyl (C=O) groups is 2. The van der Waals surface area contributed by atoms with Gasteiger partial charge in [0.1, 0.15) is 6.33 Å². The number of carbonyl (C=O) groups excluding carboxylic acids is 2. The van der Waals surface area contributed by atoms with Gasteiger partial charge in [-0.2, -0.15) is 0 Å². The van der Waals surface area contributed by atoms with Gasteiger partial charge in [0.05, 0.1) is 6.20 Å². The number of rotatable bonds is 8. The van der Waals surface area contributed by atoms with Gasteiger partial charge in [0.25, 0.3) is 5.91 Å². The fourth-order valence-corrected chi connectivity index (χ4v) is 3.13. The van der Waals surface area contributed by atoms with Gasteiger partial charge in [-0.25, -0.2) is 4.98 Å². The van der Waals surface area contributed by atoms with E-state index in [2.05, 4.69) is 27.8 Å². The Morgan fingerprint density at radius 1 is 1.03 bits per heavy atom. The molecule has 29 heavy (non-hydrogen) atoms. The van der Waals surface area contributed by atoms with Crippen molar-refractivity contribution in [2.75, 3.05) is 11.9 Å². The summed E-state index contributed by atoms with van der Waals surface area (Å²) in [7, 11) is 0. The number of nitrogens with zero attached hydrogens (tertiary/aromatic N) is 2. The normalized spacial score (nSPS) is 13.1. The third-order valence-corrected chi connectivity index (χ3v) is 4.98. The minimum absolute atomic E-state index is 0.0366. The molecule has 2 amide bonds. The highest BCUT2D eigenvalue weighted by Crippen LogP contribution is 2.30. The van der Waals surface area contributed by atoms with Crippen LogP contribution in [0.2, 0.25) is 0 Å². The number of anilines is 1. The summed E-state index contributed by atoms with van der Waals surface area (Å²) >= 11 is 0. The van der Waals surface area contributed by atoms with Gasteiger partial charge in [-0.1, -0.05) is 30.3 Å². The lowest BCUT2D eigenvalue weighted by atomic mass is 10.1. The lowest BCUT2D eigenvalue weighted by Crippen LogP contribution is -2.24. The summed E-state index contributed by atoms with van der Waals surface area (Å²) in [6.07, 6.45) is 7.20. The van der Waals surface area contributed by atoms with Crippen molar-refractivity contribution < 1.29 is 9.59 Å². The molecule has 1 aromatic heterocycles. The molecule has 0 spiro atoms. The van der Waals surface area contributed by atoms with Gasteiger partial charge in [-0.05, 0) is 55.5 Å². The van der Waals surface area contributed by atoms with Crippen molar-refractivity contribution in [2.45, 2.75) is 25.7 Å². The summed E-state index contributed by atoms with van der Waals surface area (Å²) < 4.78 is 1.82. The molecule has 0 radical (unpaired) electrons. The van der Waals surface area contributed by atoms with Crippen molar-refractivity contribution >= 4 is 17.6 Å². The molecule has 0 bridgehead atoms. The van der Waals surface area contributed by atoms with E-state index in [4.69, 9.17) is 0 Å². The fraction of sp³-hybridized carbons (Fsp3) is 0.261. The van der Waals surface area contributed by atoms with E-state index < -0.39 is 0 Å². The first kappa shape index (κ1) is 18.9. The second-order valence-corrected chi connectivity index (χ2v) is 7.32. The van der Waals surface area contributed by atoms with E-state index in [1.54, 1.807) is 24.7 Å². The predicted molar refractivity (Wildman–Crippen MR) is 112 cm³/mol. The van der Waals surface area contributed by atoms with Gasteiger partial charge in [0.2, 0.25) is 5.91 Å². The van der Waals surface area contributed by atoms with E-state index in [0.29, 0.717) is 17.9 Å². The molecular formula is C23H24N4O2. The van der Waals surface area contributed by atoms with Crippen LogP contribution in [0.3, 0.4) is 0 Å². The van der Waals surface area contributed by atoms with Crippen molar-refractivity contribution in [3.8, 4) is 5.69 Å². The lowest BCUT2D eigenvalue weighted by molar-refractivity contribution is -0.117. The summed E-state index contributed by atoms with van der Waals surface area (Å²) in [6, 6.07) is 17.6. The maximum Gasteiger partial charge on any atom is 0.251 e. The van der Waals surface area contributed by atoms with E-state index >= 15 is 0 Å². The number of benzene rings is 2. The van der Waals surface area contributed by atoms with Crippen LogP contribution in [0.15, 0.2) is 67.1 Å². The predicted octanol–water partition coefficient (Wildman–Crippen LogP) is 3.58. The smallest absolute Gasteiger partial charge is 0.251 e. The monoisotopic (exact) mass is 388 g/mol. The summed E-state index contributed by atoms with van der Waals surface area (Å²) in [5, 5.41) is 5.79. The van der Waals surface area contributed by atoms with Crippen molar-refractivity contribution in [1.82, 2.24) is 14.9 Å². The van der Waals surface area contributed by atoms with Crippen LogP contribution >= 0.6 is 0 Å². The number of amides is 2. The lowest BCUT2D eigenvalue weighted by Gasteiger charge is -2.07. The SMILES string of the molecule is O=C(NCCCc1ccccc1)c1ccc(-n2cnc(NC(=O)C3CC3)c2)cc1. The standard InChI is InChI=1S/C23H24N4O2/c28-22(24-14-4-7-17-5-2-1-3-6-17)18-10-12-20(13-11-18)27-15-21(25-16-27)26-23(29)19-8-9-19/h1-3,5-6,10-13,15-16,19H,4,7-9,14H2,(H,24,28)(H,26,29).